The zero-order valence-electron chi connectivity index (χ0n) is 9.62. The molecule has 1 aliphatic carbocycles. The minimum Gasteiger partial charge on any atom is -0.469 e. The number of hydrogen-bond acceptors (Lipinski definition) is 4. The van der Waals surface area contributed by atoms with Crippen LogP contribution in [-0.2, 0) is 16.0 Å². The van der Waals surface area contributed by atoms with Crippen molar-refractivity contribution in [1.29, 1.82) is 0 Å². The third-order valence-electron chi connectivity index (χ3n) is 3.26. The largest absolute Gasteiger partial charge is 0.469 e. The first-order valence-corrected chi connectivity index (χ1v) is 5.57. The molecule has 88 valence electrons. The zero-order chi connectivity index (χ0) is 11.7. The van der Waals surface area contributed by atoms with Gasteiger partial charge in [0, 0.05) is 18.0 Å². The number of carbonyl (C=O) groups excluding carboxylic acids is 1. The lowest BCUT2D eigenvalue weighted by atomic mass is 9.81. The number of rotatable bonds is 2. The lowest BCUT2D eigenvalue weighted by Gasteiger charge is -2.25. The normalized spacial score (nSPS) is 23.9. The number of esters is 1. The number of carbonyl (C=O) groups is 1. The van der Waals surface area contributed by atoms with E-state index in [1.807, 2.05) is 0 Å². The Kier molecular flexibility index (Phi) is 2.85. The number of nitrogens with zero attached hydrogens (tertiary/aromatic N) is 1. The Hall–Kier alpha value is -1.52. The quantitative estimate of drug-likeness (QED) is 0.739. The van der Waals surface area contributed by atoms with Gasteiger partial charge in [0.15, 0.2) is 5.95 Å². The minimum atomic E-state index is -0.141. The highest BCUT2D eigenvalue weighted by molar-refractivity contribution is 5.73. The number of hydrogen-bond donors (Lipinski definition) is 2. The van der Waals surface area contributed by atoms with E-state index in [9.17, 15) is 4.79 Å². The molecule has 1 heterocycles. The Bertz CT molecular complexity index is 400. The maximum atomic E-state index is 11.6. The van der Waals surface area contributed by atoms with Crippen molar-refractivity contribution in [3.63, 3.8) is 0 Å². The number of nitrogen functional groups attached to an aromatic ring is 1. The molecule has 0 spiro atoms. The molecule has 0 aliphatic heterocycles. The number of anilines is 1. The average Bonchev–Trinajstić information content (AvgIpc) is 2.66. The van der Waals surface area contributed by atoms with Gasteiger partial charge in [-0.3, -0.25) is 4.79 Å². The molecule has 2 unspecified atom stereocenters. The molecule has 1 aliphatic rings. The molecule has 3 N–H and O–H groups in total. The van der Waals surface area contributed by atoms with Gasteiger partial charge in [-0.25, -0.2) is 4.98 Å². The number of nitrogens with two attached hydrogens (primary N) is 1. The summed E-state index contributed by atoms with van der Waals surface area (Å²) < 4.78 is 4.80. The van der Waals surface area contributed by atoms with Gasteiger partial charge in [0.25, 0.3) is 0 Å². The number of H-pyrrole nitrogens is 1. The van der Waals surface area contributed by atoms with Crippen LogP contribution in [0, 0.1) is 5.92 Å². The van der Waals surface area contributed by atoms with Crippen molar-refractivity contribution < 1.29 is 9.53 Å². The highest BCUT2D eigenvalue weighted by Crippen LogP contribution is 2.36. The van der Waals surface area contributed by atoms with Crippen molar-refractivity contribution in [2.24, 2.45) is 5.92 Å². The lowest BCUT2D eigenvalue weighted by molar-refractivity contribution is -0.146. The molecule has 5 heteroatoms. The summed E-state index contributed by atoms with van der Waals surface area (Å²) in [4.78, 5) is 18.9. The van der Waals surface area contributed by atoms with Crippen molar-refractivity contribution in [2.75, 3.05) is 12.8 Å². The summed E-state index contributed by atoms with van der Waals surface area (Å²) in [6.45, 7) is 2.10. The molecule has 0 aromatic carbocycles. The Morgan fingerprint density at radius 3 is 3.06 bits per heavy atom. The van der Waals surface area contributed by atoms with Crippen LogP contribution in [0.1, 0.15) is 37.1 Å². The van der Waals surface area contributed by atoms with Crippen molar-refractivity contribution >= 4 is 11.9 Å². The topological polar surface area (TPSA) is 81.0 Å². The molecule has 1 aromatic rings. The van der Waals surface area contributed by atoms with Crippen LogP contribution in [0.5, 0.6) is 0 Å². The van der Waals surface area contributed by atoms with E-state index >= 15 is 0 Å². The molecule has 0 saturated carbocycles. The Balaban J connectivity index is 2.28. The second kappa shape index (κ2) is 4.15. The maximum absolute atomic E-state index is 11.6. The van der Waals surface area contributed by atoms with Gasteiger partial charge < -0.3 is 15.5 Å². The molecular weight excluding hydrogens is 206 g/mol. The van der Waals surface area contributed by atoms with Crippen molar-refractivity contribution in [3.05, 3.63) is 11.4 Å². The fourth-order valence-corrected chi connectivity index (χ4v) is 2.43. The van der Waals surface area contributed by atoms with E-state index in [-0.39, 0.29) is 11.9 Å². The number of methoxy groups -OCH3 is 1. The molecule has 16 heavy (non-hydrogen) atoms. The summed E-state index contributed by atoms with van der Waals surface area (Å²) in [5.74, 6) is 0.537. The van der Waals surface area contributed by atoms with Gasteiger partial charge in [-0.1, -0.05) is 6.92 Å². The fraction of sp³-hybridized carbons (Fsp3) is 0.636. The van der Waals surface area contributed by atoms with Gasteiger partial charge in [-0.05, 0) is 12.8 Å². The predicted octanol–water partition coefficient (Wildman–Crippen LogP) is 1.22. The molecule has 1 aromatic heterocycles. The average molecular weight is 223 g/mol. The summed E-state index contributed by atoms with van der Waals surface area (Å²) in [5.41, 5.74) is 7.67. The van der Waals surface area contributed by atoms with Crippen LogP contribution in [0.3, 0.4) is 0 Å². The molecule has 0 amide bonds. The first-order valence-electron chi connectivity index (χ1n) is 5.57. The summed E-state index contributed by atoms with van der Waals surface area (Å²) in [6.07, 6.45) is 2.42. The first kappa shape index (κ1) is 11.0. The Labute approximate surface area is 94.4 Å². The van der Waals surface area contributed by atoms with E-state index in [2.05, 4.69) is 16.9 Å². The van der Waals surface area contributed by atoms with E-state index in [1.165, 1.54) is 7.11 Å². The second-order valence-electron chi connectivity index (χ2n) is 4.25. The summed E-state index contributed by atoms with van der Waals surface area (Å²) in [6, 6.07) is 0. The Morgan fingerprint density at radius 2 is 2.44 bits per heavy atom. The van der Waals surface area contributed by atoms with Gasteiger partial charge >= 0.3 is 5.97 Å². The highest BCUT2D eigenvalue weighted by atomic mass is 16.5. The maximum Gasteiger partial charge on any atom is 0.309 e. The van der Waals surface area contributed by atoms with Gasteiger partial charge in [-0.15, -0.1) is 0 Å². The van der Waals surface area contributed by atoms with E-state index in [0.717, 1.165) is 24.2 Å². The summed E-state index contributed by atoms with van der Waals surface area (Å²) >= 11 is 0. The molecule has 0 radical (unpaired) electrons. The predicted molar refractivity (Wildman–Crippen MR) is 59.9 cm³/mol. The number of fused-ring (bicyclic) bond motifs is 1. The van der Waals surface area contributed by atoms with Gasteiger partial charge in [-0.2, -0.15) is 0 Å². The van der Waals surface area contributed by atoms with Gasteiger partial charge in [0.1, 0.15) is 0 Å². The highest BCUT2D eigenvalue weighted by Gasteiger charge is 2.33. The third kappa shape index (κ3) is 1.77. The van der Waals surface area contributed by atoms with Gasteiger partial charge in [0.05, 0.1) is 18.7 Å². The first-order chi connectivity index (χ1) is 7.65. The Morgan fingerprint density at radius 1 is 1.69 bits per heavy atom. The molecule has 2 atom stereocenters. The summed E-state index contributed by atoms with van der Waals surface area (Å²) in [7, 11) is 1.43. The standard InChI is InChI=1S/C11H17N3O2/c1-3-6-4-7(10(15)16-2)5-8-9(6)14-11(12)13-8/h6-7H,3-5H2,1-2H3,(H3,12,13,14). The van der Waals surface area contributed by atoms with Crippen LogP contribution < -0.4 is 5.73 Å². The van der Waals surface area contributed by atoms with Crippen LogP contribution in [0.25, 0.3) is 0 Å². The van der Waals surface area contributed by atoms with E-state index < -0.39 is 0 Å². The van der Waals surface area contributed by atoms with Crippen molar-refractivity contribution in [3.8, 4) is 0 Å². The third-order valence-corrected chi connectivity index (χ3v) is 3.26. The summed E-state index contributed by atoms with van der Waals surface area (Å²) in [5, 5.41) is 0. The minimum absolute atomic E-state index is 0.0673. The van der Waals surface area contributed by atoms with Crippen molar-refractivity contribution in [1.82, 2.24) is 9.97 Å². The van der Waals surface area contributed by atoms with E-state index in [0.29, 0.717) is 18.3 Å². The van der Waals surface area contributed by atoms with Gasteiger partial charge in [0.2, 0.25) is 0 Å². The number of imidazole rings is 1. The van der Waals surface area contributed by atoms with Crippen molar-refractivity contribution in [2.45, 2.75) is 32.1 Å². The number of ether oxygens (including phenoxy) is 1. The molecule has 0 fully saturated rings. The molecule has 2 rings (SSSR count). The zero-order valence-corrected chi connectivity index (χ0v) is 9.62. The monoisotopic (exact) mass is 223 g/mol. The van der Waals surface area contributed by atoms with Crippen LogP contribution in [0.15, 0.2) is 0 Å². The number of aromatic amines is 1. The molecule has 5 nitrogen and oxygen atoms in total. The smallest absolute Gasteiger partial charge is 0.309 e. The SMILES string of the molecule is CCC1CC(C(=O)OC)Cc2[nH]c(N)nc21. The van der Waals surface area contributed by atoms with Crippen LogP contribution in [0.2, 0.25) is 0 Å². The molecule has 0 saturated heterocycles. The second-order valence-corrected chi connectivity index (χ2v) is 4.25. The number of nitrogens with one attached hydrogen (secondary N) is 1. The van der Waals surface area contributed by atoms with E-state index in [4.69, 9.17) is 10.5 Å². The van der Waals surface area contributed by atoms with Crippen LogP contribution >= 0.6 is 0 Å². The lowest BCUT2D eigenvalue weighted by Crippen LogP contribution is -2.26. The molecular formula is C11H17N3O2. The van der Waals surface area contributed by atoms with E-state index in [1.54, 1.807) is 0 Å². The molecule has 0 bridgehead atoms. The fourth-order valence-electron chi connectivity index (χ4n) is 2.43. The van der Waals surface area contributed by atoms with Crippen LogP contribution in [0.4, 0.5) is 5.95 Å². The number of aromatic nitrogens is 2. The van der Waals surface area contributed by atoms with Crippen LogP contribution in [-0.4, -0.2) is 23.0 Å².